The molecule has 1 N–H and O–H groups in total. The highest BCUT2D eigenvalue weighted by atomic mass is 19.1. The first kappa shape index (κ1) is 23.4. The molecule has 0 aliphatic rings. The van der Waals surface area contributed by atoms with E-state index in [0.717, 1.165) is 22.2 Å². The van der Waals surface area contributed by atoms with Crippen LogP contribution < -0.4 is 5.32 Å². The van der Waals surface area contributed by atoms with Gasteiger partial charge in [-0.25, -0.2) is 9.78 Å². The lowest BCUT2D eigenvalue weighted by molar-refractivity contribution is 0.0380. The number of alkyl halides is 1. The second-order valence-electron chi connectivity index (χ2n) is 7.98. The fourth-order valence-corrected chi connectivity index (χ4v) is 3.48. The Kier molecular flexibility index (Phi) is 7.56. The Hall–Kier alpha value is -3.29. The highest BCUT2D eigenvalue weighted by Gasteiger charge is 2.21. The number of hydrogen-bond donors (Lipinski definition) is 1. The number of rotatable bonds is 9. The average molecular weight is 441 g/mol. The van der Waals surface area contributed by atoms with Crippen molar-refractivity contribution < 1.29 is 18.7 Å². The molecule has 0 spiro atoms. The maximum atomic E-state index is 12.9. The number of hydrogen-bond acceptors (Lipinski definition) is 5. The number of carbonyl (C=O) groups is 2. The average Bonchev–Trinajstić information content (AvgIpc) is 3.09. The fraction of sp³-hybridized carbons (Fsp3) is 0.417. The molecule has 0 unspecified atom stereocenters. The van der Waals surface area contributed by atoms with E-state index >= 15 is 0 Å². The van der Waals surface area contributed by atoms with Crippen LogP contribution in [0.5, 0.6) is 0 Å². The third-order valence-corrected chi connectivity index (χ3v) is 5.26. The van der Waals surface area contributed by atoms with Crippen LogP contribution in [0.3, 0.4) is 0 Å². The normalized spacial score (nSPS) is 11.2. The molecular formula is C24H29FN4O3. The largest absolute Gasteiger partial charge is 0.459 e. The van der Waals surface area contributed by atoms with E-state index in [1.54, 1.807) is 42.9 Å². The molecule has 0 fully saturated rings. The van der Waals surface area contributed by atoms with Crippen molar-refractivity contribution in [2.24, 2.45) is 7.05 Å². The molecule has 0 atom stereocenters. The molecular weight excluding hydrogens is 411 g/mol. The molecule has 0 saturated carbocycles. The number of fused-ring (bicyclic) bond motifs is 1. The number of ether oxygens (including phenoxy) is 1. The Morgan fingerprint density at radius 1 is 1.19 bits per heavy atom. The molecule has 1 amide bonds. The zero-order valence-corrected chi connectivity index (χ0v) is 18.9. The van der Waals surface area contributed by atoms with Gasteiger partial charge in [-0.15, -0.1) is 0 Å². The van der Waals surface area contributed by atoms with Crippen LogP contribution in [0.25, 0.3) is 22.0 Å². The Labute approximate surface area is 187 Å². The van der Waals surface area contributed by atoms with Crippen molar-refractivity contribution in [1.29, 1.82) is 0 Å². The van der Waals surface area contributed by atoms with Gasteiger partial charge in [-0.05, 0) is 57.7 Å². The van der Waals surface area contributed by atoms with E-state index in [1.165, 1.54) is 0 Å². The predicted octanol–water partition coefficient (Wildman–Crippen LogP) is 4.38. The summed E-state index contributed by atoms with van der Waals surface area (Å²) in [5, 5.41) is 7.90. The Balaban J connectivity index is 2.09. The van der Waals surface area contributed by atoms with E-state index in [1.807, 2.05) is 20.0 Å². The van der Waals surface area contributed by atoms with Crippen molar-refractivity contribution >= 4 is 22.8 Å². The summed E-state index contributed by atoms with van der Waals surface area (Å²) in [6.07, 6.45) is 3.32. The number of pyridine rings is 1. The minimum atomic E-state index is -0.490. The highest BCUT2D eigenvalue weighted by molar-refractivity contribution is 6.09. The number of para-hydroxylation sites is 1. The molecule has 0 aliphatic heterocycles. The number of nitrogens with zero attached hydrogens (tertiary/aromatic N) is 3. The number of unbranched alkanes of at least 4 members (excludes halogenated alkanes) is 2. The van der Waals surface area contributed by atoms with Gasteiger partial charge >= 0.3 is 5.97 Å². The topological polar surface area (TPSA) is 86.1 Å². The van der Waals surface area contributed by atoms with Crippen molar-refractivity contribution in [3.63, 3.8) is 0 Å². The van der Waals surface area contributed by atoms with Crippen LogP contribution in [0.15, 0.2) is 30.5 Å². The van der Waals surface area contributed by atoms with Crippen LogP contribution in [-0.2, 0) is 11.8 Å². The van der Waals surface area contributed by atoms with Crippen molar-refractivity contribution in [1.82, 2.24) is 20.1 Å². The fourth-order valence-electron chi connectivity index (χ4n) is 3.48. The molecule has 0 radical (unpaired) electrons. The number of carbonyl (C=O) groups excluding carboxylic acids is 2. The molecule has 1 aromatic carbocycles. The van der Waals surface area contributed by atoms with Crippen LogP contribution in [0.1, 0.15) is 59.7 Å². The predicted molar refractivity (Wildman–Crippen MR) is 121 cm³/mol. The Morgan fingerprint density at radius 2 is 1.97 bits per heavy atom. The van der Waals surface area contributed by atoms with Crippen molar-refractivity contribution in [3.05, 3.63) is 47.4 Å². The number of nitrogens with one attached hydrogen (secondary N) is 1. The number of halogens is 1. The summed E-state index contributed by atoms with van der Waals surface area (Å²) in [5.41, 5.74) is 3.45. The number of amides is 1. The Morgan fingerprint density at radius 3 is 2.62 bits per heavy atom. The first-order chi connectivity index (χ1) is 15.3. The second-order valence-corrected chi connectivity index (χ2v) is 7.98. The molecule has 7 nitrogen and oxygen atoms in total. The van der Waals surface area contributed by atoms with Gasteiger partial charge in [0, 0.05) is 30.2 Å². The van der Waals surface area contributed by atoms with Gasteiger partial charge in [0.25, 0.3) is 5.91 Å². The molecule has 0 saturated heterocycles. The molecule has 3 aromatic rings. The number of benzene rings is 1. The van der Waals surface area contributed by atoms with E-state index < -0.39 is 5.97 Å². The zero-order chi connectivity index (χ0) is 23.3. The molecule has 170 valence electrons. The third-order valence-electron chi connectivity index (χ3n) is 5.26. The first-order valence-electron chi connectivity index (χ1n) is 10.8. The van der Waals surface area contributed by atoms with Crippen LogP contribution in [0, 0.1) is 6.92 Å². The van der Waals surface area contributed by atoms with Gasteiger partial charge in [0.15, 0.2) is 0 Å². The van der Waals surface area contributed by atoms with Crippen LogP contribution >= 0.6 is 0 Å². The molecule has 0 bridgehead atoms. The smallest absolute Gasteiger partial charge is 0.340 e. The summed E-state index contributed by atoms with van der Waals surface area (Å²) in [6, 6.07) is 7.02. The lowest BCUT2D eigenvalue weighted by atomic mass is 9.98. The van der Waals surface area contributed by atoms with Gasteiger partial charge in [-0.2, -0.15) is 5.10 Å². The monoisotopic (exact) mass is 440 g/mol. The highest BCUT2D eigenvalue weighted by Crippen LogP contribution is 2.32. The van der Waals surface area contributed by atoms with Crippen LogP contribution in [0.2, 0.25) is 0 Å². The van der Waals surface area contributed by atoms with E-state index in [0.29, 0.717) is 36.9 Å². The molecule has 8 heteroatoms. The van der Waals surface area contributed by atoms with Gasteiger partial charge < -0.3 is 10.1 Å². The van der Waals surface area contributed by atoms with E-state index in [9.17, 15) is 14.0 Å². The summed E-state index contributed by atoms with van der Waals surface area (Å²) in [4.78, 5) is 30.1. The van der Waals surface area contributed by atoms with Gasteiger partial charge in [0.05, 0.1) is 30.1 Å². The second kappa shape index (κ2) is 10.3. The van der Waals surface area contributed by atoms with Gasteiger partial charge in [-0.1, -0.05) is 12.1 Å². The van der Waals surface area contributed by atoms with Crippen LogP contribution in [-0.4, -0.2) is 46.0 Å². The summed E-state index contributed by atoms with van der Waals surface area (Å²) >= 11 is 0. The lowest BCUT2D eigenvalue weighted by Gasteiger charge is -2.14. The summed E-state index contributed by atoms with van der Waals surface area (Å²) in [7, 11) is 1.85. The molecule has 3 rings (SSSR count). The zero-order valence-electron chi connectivity index (χ0n) is 18.9. The number of esters is 1. The molecule has 2 heterocycles. The molecule has 0 aliphatic carbocycles. The quantitative estimate of drug-likeness (QED) is 0.394. The van der Waals surface area contributed by atoms with E-state index in [4.69, 9.17) is 4.74 Å². The minimum Gasteiger partial charge on any atom is -0.459 e. The van der Waals surface area contributed by atoms with Gasteiger partial charge in [-0.3, -0.25) is 13.9 Å². The first-order valence-corrected chi connectivity index (χ1v) is 10.8. The van der Waals surface area contributed by atoms with E-state index in [-0.39, 0.29) is 24.4 Å². The number of aryl methyl sites for hydroxylation is 1. The molecule has 2 aromatic heterocycles. The van der Waals surface area contributed by atoms with E-state index in [2.05, 4.69) is 15.4 Å². The van der Waals surface area contributed by atoms with Crippen molar-refractivity contribution in [2.45, 2.75) is 46.1 Å². The maximum Gasteiger partial charge on any atom is 0.340 e. The standard InChI is InChI=1S/C24H29FN4O3/c1-15(2)32-24(31)18-10-8-9-17-19(20-14-27-29(4)16(20)3)13-21(28-22(17)18)23(30)26-12-7-5-6-11-25/h8-10,13-15H,5-7,11-12H2,1-4H3,(H,26,30). The number of aromatic nitrogens is 3. The maximum absolute atomic E-state index is 12.9. The van der Waals surface area contributed by atoms with Gasteiger partial charge in [0.2, 0.25) is 0 Å². The summed E-state index contributed by atoms with van der Waals surface area (Å²) in [6.45, 7) is 5.57. The third kappa shape index (κ3) is 5.12. The Bertz CT molecular complexity index is 1120. The van der Waals surface area contributed by atoms with Crippen LogP contribution in [0.4, 0.5) is 4.39 Å². The lowest BCUT2D eigenvalue weighted by Crippen LogP contribution is -2.25. The summed E-state index contributed by atoms with van der Waals surface area (Å²) in [5.74, 6) is -0.835. The molecule has 32 heavy (non-hydrogen) atoms. The van der Waals surface area contributed by atoms with Gasteiger partial charge in [0.1, 0.15) is 5.69 Å². The minimum absolute atomic E-state index is 0.200. The van der Waals surface area contributed by atoms with Crippen molar-refractivity contribution in [3.8, 4) is 11.1 Å². The van der Waals surface area contributed by atoms with Crippen molar-refractivity contribution in [2.75, 3.05) is 13.2 Å². The SMILES string of the molecule is Cc1c(-c2cc(C(=O)NCCCCCF)nc3c(C(=O)OC(C)C)cccc23)cnn1C. The summed E-state index contributed by atoms with van der Waals surface area (Å²) < 4.78 is 19.4.